The summed E-state index contributed by atoms with van der Waals surface area (Å²) in [5.74, 6) is 1.30. The van der Waals surface area contributed by atoms with E-state index >= 15 is 0 Å². The van der Waals surface area contributed by atoms with E-state index in [2.05, 4.69) is 18.6 Å². The predicted molar refractivity (Wildman–Crippen MR) is 52.8 cm³/mol. The van der Waals surface area contributed by atoms with Crippen LogP contribution in [-0.4, -0.2) is 16.8 Å². The third-order valence-corrected chi connectivity index (χ3v) is 4.29. The molecule has 0 unspecified atom stereocenters. The number of carbonyl (C=O) groups excluding carboxylic acids is 1. The molecule has 0 saturated heterocycles. The maximum Gasteiger partial charge on any atom is 0.323 e. The molecule has 0 aliphatic heterocycles. The van der Waals surface area contributed by atoms with Crippen LogP contribution in [0.3, 0.4) is 0 Å². The van der Waals surface area contributed by atoms with Crippen molar-refractivity contribution in [3.8, 4) is 0 Å². The van der Waals surface area contributed by atoms with Crippen molar-refractivity contribution in [3.05, 3.63) is 5.53 Å². The van der Waals surface area contributed by atoms with Crippen molar-refractivity contribution < 1.29 is 9.58 Å². The lowest BCUT2D eigenvalue weighted by molar-refractivity contribution is -0.125. The third-order valence-electron chi connectivity index (χ3n) is 4.29. The standard InChI is InChI=1S/C11H16N2O/c1-11(2)8-4-3-7(5-8)10(11)9(14)6-13-12/h6-8,10H,3-5H2,1-2H3/t7-,8+,10-/m1/s1. The Kier molecular flexibility index (Phi) is 2.07. The first kappa shape index (κ1) is 9.60. The van der Waals surface area contributed by atoms with Gasteiger partial charge in [-0.25, -0.2) is 0 Å². The summed E-state index contributed by atoms with van der Waals surface area (Å²) in [5, 5.41) is 0. The number of Topliss-reactive ketones (excluding diaryl/α,β-unsaturated/α-hetero) is 1. The van der Waals surface area contributed by atoms with Gasteiger partial charge >= 0.3 is 6.21 Å². The molecule has 14 heavy (non-hydrogen) atoms. The Bertz CT molecular complexity index is 315. The maximum atomic E-state index is 11.7. The molecule has 0 aromatic rings. The molecule has 2 saturated carbocycles. The summed E-state index contributed by atoms with van der Waals surface area (Å²) in [6, 6.07) is 0. The molecule has 3 atom stereocenters. The first-order valence-electron chi connectivity index (χ1n) is 5.28. The predicted octanol–water partition coefficient (Wildman–Crippen LogP) is 1.93. The zero-order valence-corrected chi connectivity index (χ0v) is 8.73. The van der Waals surface area contributed by atoms with Gasteiger partial charge in [-0.2, -0.15) is 4.79 Å². The lowest BCUT2D eigenvalue weighted by atomic mass is 9.67. The average molecular weight is 192 g/mol. The van der Waals surface area contributed by atoms with E-state index in [0.717, 1.165) is 6.21 Å². The minimum absolute atomic E-state index is 0.00435. The zero-order valence-electron chi connectivity index (χ0n) is 8.73. The van der Waals surface area contributed by atoms with Crippen LogP contribution in [0.4, 0.5) is 0 Å². The highest BCUT2D eigenvalue weighted by Crippen LogP contribution is 2.59. The van der Waals surface area contributed by atoms with Gasteiger partial charge in [0.25, 0.3) is 0 Å². The Hall–Kier alpha value is -0.950. The fraction of sp³-hybridized carbons (Fsp3) is 0.818. The van der Waals surface area contributed by atoms with E-state index in [4.69, 9.17) is 5.53 Å². The number of nitrogens with zero attached hydrogens (tertiary/aromatic N) is 2. The molecule has 0 aromatic heterocycles. The van der Waals surface area contributed by atoms with Crippen molar-refractivity contribution in [1.29, 1.82) is 0 Å². The topological polar surface area (TPSA) is 53.5 Å². The summed E-state index contributed by atoms with van der Waals surface area (Å²) in [7, 11) is 0. The summed E-state index contributed by atoms with van der Waals surface area (Å²) >= 11 is 0. The van der Waals surface area contributed by atoms with Gasteiger partial charge in [0.1, 0.15) is 0 Å². The summed E-state index contributed by atoms with van der Waals surface area (Å²) in [6.45, 7) is 4.34. The Labute approximate surface area is 84.1 Å². The van der Waals surface area contributed by atoms with Crippen LogP contribution in [0.15, 0.2) is 0 Å². The molecule has 2 aliphatic carbocycles. The van der Waals surface area contributed by atoms with E-state index in [1.54, 1.807) is 0 Å². The van der Waals surface area contributed by atoms with Crippen LogP contribution in [0.25, 0.3) is 5.53 Å². The first-order chi connectivity index (χ1) is 6.57. The van der Waals surface area contributed by atoms with Gasteiger partial charge in [-0.05, 0) is 36.5 Å². The fourth-order valence-corrected chi connectivity index (χ4v) is 3.59. The van der Waals surface area contributed by atoms with Crippen LogP contribution in [0, 0.1) is 23.2 Å². The third kappa shape index (κ3) is 1.16. The molecular formula is C11H16N2O. The molecule has 0 N–H and O–H groups in total. The number of rotatable bonds is 2. The molecule has 0 aromatic carbocycles. The van der Waals surface area contributed by atoms with E-state index < -0.39 is 0 Å². The Morgan fingerprint density at radius 2 is 2.21 bits per heavy atom. The van der Waals surface area contributed by atoms with E-state index in [0.29, 0.717) is 11.8 Å². The van der Waals surface area contributed by atoms with Crippen LogP contribution in [-0.2, 0) is 4.79 Å². The molecular weight excluding hydrogens is 176 g/mol. The number of hydrogen-bond donors (Lipinski definition) is 0. The van der Waals surface area contributed by atoms with Gasteiger partial charge in [0.05, 0.1) is 0 Å². The second-order valence-corrected chi connectivity index (χ2v) is 5.22. The summed E-state index contributed by atoms with van der Waals surface area (Å²) < 4.78 is 0. The molecule has 0 amide bonds. The molecule has 2 aliphatic rings. The average Bonchev–Trinajstić information content (AvgIpc) is 2.61. The molecule has 76 valence electrons. The zero-order chi connectivity index (χ0) is 10.3. The first-order valence-corrected chi connectivity index (χ1v) is 5.28. The van der Waals surface area contributed by atoms with Gasteiger partial charge < -0.3 is 5.53 Å². The normalized spacial score (nSPS) is 38.0. The second kappa shape index (κ2) is 3.03. The van der Waals surface area contributed by atoms with Crippen molar-refractivity contribution in [2.75, 3.05) is 0 Å². The number of hydrogen-bond acceptors (Lipinski definition) is 1. The van der Waals surface area contributed by atoms with Crippen molar-refractivity contribution in [1.82, 2.24) is 0 Å². The van der Waals surface area contributed by atoms with Crippen LogP contribution in [0.2, 0.25) is 0 Å². The summed E-state index contributed by atoms with van der Waals surface area (Å²) in [4.78, 5) is 14.6. The van der Waals surface area contributed by atoms with Gasteiger partial charge in [0.15, 0.2) is 0 Å². The van der Waals surface area contributed by atoms with Gasteiger partial charge in [0.2, 0.25) is 5.78 Å². The van der Waals surface area contributed by atoms with E-state index in [1.807, 2.05) is 0 Å². The van der Waals surface area contributed by atoms with Gasteiger partial charge in [-0.3, -0.25) is 4.79 Å². The Morgan fingerprint density at radius 1 is 1.50 bits per heavy atom. The van der Waals surface area contributed by atoms with Crippen LogP contribution in [0.1, 0.15) is 33.1 Å². The number of fused-ring (bicyclic) bond motifs is 2. The molecule has 0 heterocycles. The van der Waals surface area contributed by atoms with Crippen LogP contribution in [0.5, 0.6) is 0 Å². The molecule has 3 nitrogen and oxygen atoms in total. The maximum absolute atomic E-state index is 11.7. The Balaban J connectivity index is 2.27. The lowest BCUT2D eigenvalue weighted by Crippen LogP contribution is -2.36. The SMILES string of the molecule is CC1(C)[C@H]2CC[C@H](C2)[C@@H]1C(=O)C=[N+]=[N-]. The number of ketones is 1. The van der Waals surface area contributed by atoms with E-state index in [1.165, 1.54) is 19.3 Å². The number of carbonyl (C=O) groups is 1. The van der Waals surface area contributed by atoms with Gasteiger partial charge in [-0.1, -0.05) is 13.8 Å². The van der Waals surface area contributed by atoms with Crippen molar-refractivity contribution >= 4 is 12.0 Å². The van der Waals surface area contributed by atoms with Crippen molar-refractivity contribution in [3.63, 3.8) is 0 Å². The van der Waals surface area contributed by atoms with Crippen LogP contribution < -0.4 is 0 Å². The highest BCUT2D eigenvalue weighted by atomic mass is 16.1. The van der Waals surface area contributed by atoms with Crippen LogP contribution >= 0.6 is 0 Å². The van der Waals surface area contributed by atoms with Gasteiger partial charge in [0, 0.05) is 5.92 Å². The summed E-state index contributed by atoms with van der Waals surface area (Å²) in [6.07, 6.45) is 4.69. The molecule has 2 fully saturated rings. The molecule has 2 rings (SSSR count). The fourth-order valence-electron chi connectivity index (χ4n) is 3.59. The second-order valence-electron chi connectivity index (χ2n) is 5.22. The largest absolute Gasteiger partial charge is 0.361 e. The minimum atomic E-state index is 0.00435. The monoisotopic (exact) mass is 192 g/mol. The van der Waals surface area contributed by atoms with Crippen molar-refractivity contribution in [2.24, 2.45) is 23.2 Å². The van der Waals surface area contributed by atoms with E-state index in [-0.39, 0.29) is 17.1 Å². The van der Waals surface area contributed by atoms with Crippen molar-refractivity contribution in [2.45, 2.75) is 33.1 Å². The molecule has 3 heteroatoms. The molecule has 0 radical (unpaired) electrons. The summed E-state index contributed by atoms with van der Waals surface area (Å²) in [5.41, 5.74) is 8.48. The highest BCUT2D eigenvalue weighted by molar-refractivity contribution is 6.26. The van der Waals surface area contributed by atoms with Gasteiger partial charge in [-0.15, -0.1) is 0 Å². The molecule has 2 bridgehead atoms. The quantitative estimate of drug-likeness (QED) is 0.374. The highest BCUT2D eigenvalue weighted by Gasteiger charge is 2.55. The lowest BCUT2D eigenvalue weighted by Gasteiger charge is -2.35. The molecule has 0 spiro atoms. The van der Waals surface area contributed by atoms with E-state index in [9.17, 15) is 4.79 Å². The smallest absolute Gasteiger partial charge is 0.323 e. The minimum Gasteiger partial charge on any atom is -0.361 e. The Morgan fingerprint density at radius 3 is 2.71 bits per heavy atom.